The summed E-state index contributed by atoms with van der Waals surface area (Å²) < 4.78 is 3.87. The zero-order valence-electron chi connectivity index (χ0n) is 15.7. The van der Waals surface area contributed by atoms with Crippen LogP contribution in [-0.2, 0) is 0 Å². The van der Waals surface area contributed by atoms with Crippen molar-refractivity contribution in [3.05, 3.63) is 72.9 Å². The third-order valence-electron chi connectivity index (χ3n) is 5.50. The summed E-state index contributed by atoms with van der Waals surface area (Å²) in [7, 11) is 0. The minimum Gasteiger partial charge on any atom is -0.335 e. The Kier molecular flexibility index (Phi) is 3.97. The van der Waals surface area contributed by atoms with E-state index < -0.39 is 0 Å². The van der Waals surface area contributed by atoms with Gasteiger partial charge in [0.15, 0.2) is 5.69 Å². The Morgan fingerprint density at radius 2 is 1.86 bits per heavy atom. The van der Waals surface area contributed by atoms with Crippen molar-refractivity contribution >= 4 is 11.4 Å². The van der Waals surface area contributed by atoms with Crippen LogP contribution >= 0.6 is 0 Å². The molecule has 0 aliphatic carbocycles. The number of amides is 1. The van der Waals surface area contributed by atoms with Gasteiger partial charge < -0.3 is 9.30 Å². The highest BCUT2D eigenvalue weighted by Gasteiger charge is 2.27. The van der Waals surface area contributed by atoms with Crippen LogP contribution in [0.3, 0.4) is 0 Å². The Hall–Kier alpha value is -3.41. The van der Waals surface area contributed by atoms with Crippen LogP contribution in [0.5, 0.6) is 0 Å². The summed E-state index contributed by atoms with van der Waals surface area (Å²) >= 11 is 0. The van der Waals surface area contributed by atoms with Crippen molar-refractivity contribution in [1.29, 1.82) is 0 Å². The molecule has 28 heavy (non-hydrogen) atoms. The molecule has 1 saturated heterocycles. The van der Waals surface area contributed by atoms with E-state index in [1.54, 1.807) is 23.1 Å². The summed E-state index contributed by atoms with van der Waals surface area (Å²) in [6.07, 6.45) is 9.66. The van der Waals surface area contributed by atoms with Gasteiger partial charge in [0.2, 0.25) is 0 Å². The van der Waals surface area contributed by atoms with Gasteiger partial charge in [0.1, 0.15) is 5.82 Å². The molecule has 4 aromatic rings. The summed E-state index contributed by atoms with van der Waals surface area (Å²) in [5.41, 5.74) is 3.77. The number of carbonyl (C=O) groups is 1. The molecule has 0 spiro atoms. The van der Waals surface area contributed by atoms with Crippen molar-refractivity contribution in [3.8, 4) is 16.9 Å². The number of nitrogens with zero attached hydrogens (tertiary/aromatic N) is 5. The molecule has 1 aliphatic heterocycles. The molecule has 0 radical (unpaired) electrons. The minimum atomic E-state index is 0.0158. The van der Waals surface area contributed by atoms with Gasteiger partial charge in [-0.3, -0.25) is 9.78 Å². The average molecular weight is 371 g/mol. The van der Waals surface area contributed by atoms with Gasteiger partial charge in [0, 0.05) is 42.9 Å². The fourth-order valence-electron chi connectivity index (χ4n) is 3.94. The molecule has 4 aromatic heterocycles. The van der Waals surface area contributed by atoms with Gasteiger partial charge in [0.25, 0.3) is 5.91 Å². The quantitative estimate of drug-likeness (QED) is 0.550. The number of likely N-dealkylation sites (tertiary alicyclic amines) is 1. The molecular weight excluding hydrogens is 350 g/mol. The Morgan fingerprint density at radius 3 is 2.64 bits per heavy atom. The predicted molar refractivity (Wildman–Crippen MR) is 107 cm³/mol. The maximum absolute atomic E-state index is 12.8. The molecule has 6 nitrogen and oxygen atoms in total. The van der Waals surface area contributed by atoms with Crippen LogP contribution in [0.15, 0.2) is 67.3 Å². The minimum absolute atomic E-state index is 0.0158. The number of carbonyl (C=O) groups excluding carboxylic acids is 1. The van der Waals surface area contributed by atoms with Crippen LogP contribution in [0.4, 0.5) is 0 Å². The highest BCUT2D eigenvalue weighted by atomic mass is 16.2. The second kappa shape index (κ2) is 6.64. The summed E-state index contributed by atoms with van der Waals surface area (Å²) in [4.78, 5) is 18.8. The normalized spacial score (nSPS) is 16.8. The molecule has 0 bridgehead atoms. The molecule has 5 heterocycles. The second-order valence-corrected chi connectivity index (χ2v) is 7.28. The molecule has 1 unspecified atom stereocenters. The van der Waals surface area contributed by atoms with Crippen LogP contribution in [0.25, 0.3) is 22.5 Å². The van der Waals surface area contributed by atoms with E-state index in [1.807, 2.05) is 29.3 Å². The number of hydrogen-bond acceptors (Lipinski definition) is 3. The van der Waals surface area contributed by atoms with Gasteiger partial charge in [0.05, 0.1) is 0 Å². The van der Waals surface area contributed by atoms with Crippen LogP contribution in [0.1, 0.15) is 30.3 Å². The molecule has 5 rings (SSSR count). The van der Waals surface area contributed by atoms with Crippen LogP contribution < -0.4 is 0 Å². The molecule has 1 fully saturated rings. The molecule has 1 aliphatic rings. The van der Waals surface area contributed by atoms with Crippen molar-refractivity contribution in [1.82, 2.24) is 24.1 Å². The van der Waals surface area contributed by atoms with Crippen molar-refractivity contribution in [2.75, 3.05) is 6.54 Å². The number of aromatic nitrogens is 4. The first-order valence-corrected chi connectivity index (χ1v) is 9.59. The molecule has 140 valence electrons. The fourth-order valence-corrected chi connectivity index (χ4v) is 3.94. The molecular formula is C22H21N5O. The smallest absolute Gasteiger partial charge is 0.274 e. The number of fused-ring (bicyclic) bond motifs is 1. The van der Waals surface area contributed by atoms with Gasteiger partial charge in [-0.05, 0) is 67.3 Å². The predicted octanol–water partition coefficient (Wildman–Crippen LogP) is 3.81. The molecule has 0 saturated carbocycles. The van der Waals surface area contributed by atoms with E-state index in [0.29, 0.717) is 5.69 Å². The SMILES string of the molecule is CC1CCCN1C(=O)c1ccn(-c2ccc3ccc(-c4ccncc4)cn23)n1. The number of rotatable bonds is 3. The molecule has 0 N–H and O–H groups in total. The van der Waals surface area contributed by atoms with E-state index in [0.717, 1.165) is 41.8 Å². The lowest BCUT2D eigenvalue weighted by Crippen LogP contribution is -2.33. The van der Waals surface area contributed by atoms with Gasteiger partial charge in [-0.1, -0.05) is 6.07 Å². The first-order valence-electron chi connectivity index (χ1n) is 9.59. The van der Waals surface area contributed by atoms with E-state index in [9.17, 15) is 4.79 Å². The van der Waals surface area contributed by atoms with Gasteiger partial charge in [-0.15, -0.1) is 0 Å². The third kappa shape index (κ3) is 2.78. The third-order valence-corrected chi connectivity index (χ3v) is 5.50. The largest absolute Gasteiger partial charge is 0.335 e. The van der Waals surface area contributed by atoms with E-state index in [1.165, 1.54) is 0 Å². The van der Waals surface area contributed by atoms with E-state index >= 15 is 0 Å². The van der Waals surface area contributed by atoms with Crippen molar-refractivity contribution < 1.29 is 4.79 Å². The lowest BCUT2D eigenvalue weighted by molar-refractivity contribution is 0.0741. The van der Waals surface area contributed by atoms with Crippen LogP contribution in [0.2, 0.25) is 0 Å². The summed E-state index contributed by atoms with van der Waals surface area (Å²) in [5, 5.41) is 4.58. The van der Waals surface area contributed by atoms with Crippen molar-refractivity contribution in [2.24, 2.45) is 0 Å². The van der Waals surface area contributed by atoms with E-state index in [4.69, 9.17) is 0 Å². The summed E-state index contributed by atoms with van der Waals surface area (Å²) in [6, 6.07) is 14.3. The zero-order chi connectivity index (χ0) is 19.1. The van der Waals surface area contributed by atoms with Crippen LogP contribution in [0, 0.1) is 0 Å². The number of pyridine rings is 2. The number of hydrogen-bond donors (Lipinski definition) is 0. The van der Waals surface area contributed by atoms with Crippen molar-refractivity contribution in [3.63, 3.8) is 0 Å². The van der Waals surface area contributed by atoms with E-state index in [-0.39, 0.29) is 11.9 Å². The summed E-state index contributed by atoms with van der Waals surface area (Å²) in [5.74, 6) is 0.918. The summed E-state index contributed by atoms with van der Waals surface area (Å²) in [6.45, 7) is 2.92. The first kappa shape index (κ1) is 16.7. The van der Waals surface area contributed by atoms with Crippen LogP contribution in [-0.4, -0.2) is 42.6 Å². The Balaban J connectivity index is 1.51. The molecule has 6 heteroatoms. The Labute approximate surface area is 163 Å². The highest BCUT2D eigenvalue weighted by molar-refractivity contribution is 5.92. The first-order chi connectivity index (χ1) is 13.7. The Bertz CT molecular complexity index is 1140. The van der Waals surface area contributed by atoms with Crippen molar-refractivity contribution in [2.45, 2.75) is 25.8 Å². The maximum Gasteiger partial charge on any atom is 0.274 e. The lowest BCUT2D eigenvalue weighted by Gasteiger charge is -2.19. The topological polar surface area (TPSA) is 55.4 Å². The monoisotopic (exact) mass is 371 g/mol. The highest BCUT2D eigenvalue weighted by Crippen LogP contribution is 2.23. The zero-order valence-corrected chi connectivity index (χ0v) is 15.7. The molecule has 0 aromatic carbocycles. The fraction of sp³-hybridized carbons (Fsp3) is 0.227. The average Bonchev–Trinajstić information content (AvgIpc) is 3.46. The maximum atomic E-state index is 12.8. The van der Waals surface area contributed by atoms with Gasteiger partial charge in [-0.2, -0.15) is 5.10 Å². The standard InChI is InChI=1S/C22H21N5O/c1-16-3-2-13-25(16)22(28)20-10-14-27(24-20)21-7-6-19-5-4-18(15-26(19)21)17-8-11-23-12-9-17/h4-12,14-16H,2-3,13H2,1H3. The van der Waals surface area contributed by atoms with Gasteiger partial charge in [-0.25, -0.2) is 4.68 Å². The molecule has 1 atom stereocenters. The molecule has 1 amide bonds. The Morgan fingerprint density at radius 1 is 1.04 bits per heavy atom. The van der Waals surface area contributed by atoms with E-state index in [2.05, 4.69) is 45.8 Å². The second-order valence-electron chi connectivity index (χ2n) is 7.28. The lowest BCUT2D eigenvalue weighted by atomic mass is 10.1. The van der Waals surface area contributed by atoms with Gasteiger partial charge >= 0.3 is 0 Å².